The highest BCUT2D eigenvalue weighted by molar-refractivity contribution is 5.94. The number of amides is 1. The zero-order valence-corrected chi connectivity index (χ0v) is 8.99. The van der Waals surface area contributed by atoms with E-state index < -0.39 is 23.7 Å². The van der Waals surface area contributed by atoms with Crippen molar-refractivity contribution in [2.75, 3.05) is 6.54 Å². The lowest BCUT2D eigenvalue weighted by Crippen LogP contribution is -2.26. The summed E-state index contributed by atoms with van der Waals surface area (Å²) in [5.74, 6) is -1.75. The second-order valence-corrected chi connectivity index (χ2v) is 3.33. The number of halogens is 3. The van der Waals surface area contributed by atoms with E-state index in [2.05, 4.69) is 10.3 Å². The van der Waals surface area contributed by atoms with Crippen LogP contribution in [0.15, 0.2) is 18.3 Å². The lowest BCUT2D eigenvalue weighted by molar-refractivity contribution is -0.141. The van der Waals surface area contributed by atoms with Crippen LogP contribution in [0.5, 0.6) is 0 Å². The Kier molecular flexibility index (Phi) is 4.24. The molecule has 0 unspecified atom stereocenters. The van der Waals surface area contributed by atoms with Gasteiger partial charge in [-0.25, -0.2) is 0 Å². The zero-order valence-electron chi connectivity index (χ0n) is 8.99. The Morgan fingerprint density at radius 2 is 2.00 bits per heavy atom. The van der Waals surface area contributed by atoms with E-state index in [0.29, 0.717) is 6.07 Å². The molecular weight excluding hydrogens is 253 g/mol. The van der Waals surface area contributed by atoms with E-state index in [1.54, 1.807) is 0 Å². The molecule has 0 radical (unpaired) electrons. The van der Waals surface area contributed by atoms with Crippen LogP contribution >= 0.6 is 0 Å². The number of hydrogen-bond acceptors (Lipinski definition) is 3. The Labute approximate surface area is 99.6 Å². The first-order valence-corrected chi connectivity index (χ1v) is 4.84. The van der Waals surface area contributed by atoms with Crippen LogP contribution in [-0.2, 0) is 11.0 Å². The van der Waals surface area contributed by atoms with Gasteiger partial charge in [0.05, 0.1) is 12.0 Å². The summed E-state index contributed by atoms with van der Waals surface area (Å²) in [5.41, 5.74) is -1.15. The molecule has 0 fully saturated rings. The number of carbonyl (C=O) groups is 2. The highest BCUT2D eigenvalue weighted by Crippen LogP contribution is 2.27. The highest BCUT2D eigenvalue weighted by Gasteiger charge is 2.32. The average molecular weight is 262 g/mol. The molecule has 2 N–H and O–H groups in total. The molecule has 98 valence electrons. The average Bonchev–Trinajstić information content (AvgIpc) is 2.27. The third kappa shape index (κ3) is 4.04. The first-order chi connectivity index (χ1) is 8.30. The van der Waals surface area contributed by atoms with E-state index in [1.165, 1.54) is 0 Å². The fourth-order valence-electron chi connectivity index (χ4n) is 1.08. The van der Waals surface area contributed by atoms with Gasteiger partial charge in [0.2, 0.25) is 0 Å². The molecule has 0 saturated heterocycles. The smallest absolute Gasteiger partial charge is 0.433 e. The fourth-order valence-corrected chi connectivity index (χ4v) is 1.08. The molecule has 1 amide bonds. The number of aliphatic carboxylic acids is 1. The summed E-state index contributed by atoms with van der Waals surface area (Å²) in [4.78, 5) is 24.7. The van der Waals surface area contributed by atoms with Crippen LogP contribution in [0, 0.1) is 0 Å². The van der Waals surface area contributed by atoms with Gasteiger partial charge in [-0.1, -0.05) is 0 Å². The van der Waals surface area contributed by atoms with Gasteiger partial charge in [-0.05, 0) is 12.1 Å². The van der Waals surface area contributed by atoms with Gasteiger partial charge in [-0.3, -0.25) is 14.6 Å². The Hall–Kier alpha value is -2.12. The molecule has 1 aromatic heterocycles. The van der Waals surface area contributed by atoms with Crippen molar-refractivity contribution in [1.29, 1.82) is 0 Å². The minimum atomic E-state index is -4.56. The Balaban J connectivity index is 2.62. The van der Waals surface area contributed by atoms with Crippen molar-refractivity contribution in [2.24, 2.45) is 0 Å². The second-order valence-electron chi connectivity index (χ2n) is 3.33. The van der Waals surface area contributed by atoms with E-state index in [0.717, 1.165) is 12.3 Å². The van der Waals surface area contributed by atoms with Crippen molar-refractivity contribution in [3.05, 3.63) is 29.6 Å². The van der Waals surface area contributed by atoms with Crippen LogP contribution in [0.1, 0.15) is 22.5 Å². The highest BCUT2D eigenvalue weighted by atomic mass is 19.4. The van der Waals surface area contributed by atoms with E-state index in [1.807, 2.05) is 0 Å². The number of carboxylic acid groups (broad SMARTS) is 1. The van der Waals surface area contributed by atoms with Gasteiger partial charge in [0.1, 0.15) is 5.69 Å². The van der Waals surface area contributed by atoms with Crippen LogP contribution in [0.4, 0.5) is 13.2 Å². The normalized spacial score (nSPS) is 11.1. The van der Waals surface area contributed by atoms with Gasteiger partial charge in [0, 0.05) is 12.7 Å². The standard InChI is InChI=1S/C10H9F3N2O3/c11-10(12,13)7-2-1-6(5-15-7)9(18)14-4-3-8(16)17/h1-2,5H,3-4H2,(H,14,18)(H,16,17). The second kappa shape index (κ2) is 5.48. The van der Waals surface area contributed by atoms with Crippen LogP contribution in [0.3, 0.4) is 0 Å². The molecule has 8 heteroatoms. The minimum Gasteiger partial charge on any atom is -0.481 e. The molecule has 0 bridgehead atoms. The molecular formula is C10H9F3N2O3. The van der Waals surface area contributed by atoms with Crippen LogP contribution < -0.4 is 5.32 Å². The molecule has 0 aliphatic rings. The molecule has 0 aliphatic heterocycles. The predicted molar refractivity (Wildman–Crippen MR) is 53.8 cm³/mol. The summed E-state index contributed by atoms with van der Waals surface area (Å²) >= 11 is 0. The number of carbonyl (C=O) groups excluding carboxylic acids is 1. The Morgan fingerprint density at radius 1 is 1.33 bits per heavy atom. The van der Waals surface area contributed by atoms with Gasteiger partial charge < -0.3 is 10.4 Å². The monoisotopic (exact) mass is 262 g/mol. The first kappa shape index (κ1) is 13.9. The maximum Gasteiger partial charge on any atom is 0.433 e. The van der Waals surface area contributed by atoms with Gasteiger partial charge in [-0.15, -0.1) is 0 Å². The zero-order chi connectivity index (χ0) is 13.8. The molecule has 18 heavy (non-hydrogen) atoms. The minimum absolute atomic E-state index is 0.0617. The molecule has 1 aromatic rings. The third-order valence-corrected chi connectivity index (χ3v) is 1.94. The molecule has 0 aliphatic carbocycles. The number of alkyl halides is 3. The van der Waals surface area contributed by atoms with Gasteiger partial charge in [-0.2, -0.15) is 13.2 Å². The van der Waals surface area contributed by atoms with E-state index >= 15 is 0 Å². The van der Waals surface area contributed by atoms with E-state index in [9.17, 15) is 22.8 Å². The molecule has 1 rings (SSSR count). The van der Waals surface area contributed by atoms with E-state index in [-0.39, 0.29) is 18.5 Å². The van der Waals surface area contributed by atoms with Crippen molar-refractivity contribution in [3.8, 4) is 0 Å². The SMILES string of the molecule is O=C(O)CCNC(=O)c1ccc(C(F)(F)F)nc1. The third-order valence-electron chi connectivity index (χ3n) is 1.94. The molecule has 0 spiro atoms. The number of aromatic nitrogens is 1. The predicted octanol–water partition coefficient (Wildman–Crippen LogP) is 1.30. The van der Waals surface area contributed by atoms with Crippen molar-refractivity contribution in [1.82, 2.24) is 10.3 Å². The summed E-state index contributed by atoms with van der Waals surface area (Å²) in [6.07, 6.45) is -4.03. The van der Waals surface area contributed by atoms with Crippen LogP contribution in [0.25, 0.3) is 0 Å². The van der Waals surface area contributed by atoms with Crippen molar-refractivity contribution >= 4 is 11.9 Å². The number of rotatable bonds is 4. The quantitative estimate of drug-likeness (QED) is 0.857. The molecule has 5 nitrogen and oxygen atoms in total. The van der Waals surface area contributed by atoms with Gasteiger partial charge in [0.25, 0.3) is 5.91 Å². The lowest BCUT2D eigenvalue weighted by Gasteiger charge is -2.06. The molecule has 0 atom stereocenters. The van der Waals surface area contributed by atoms with Crippen molar-refractivity contribution < 1.29 is 27.9 Å². The topological polar surface area (TPSA) is 79.3 Å². The molecule has 0 aromatic carbocycles. The maximum absolute atomic E-state index is 12.2. The number of nitrogens with one attached hydrogen (secondary N) is 1. The van der Waals surface area contributed by atoms with Crippen molar-refractivity contribution in [2.45, 2.75) is 12.6 Å². The number of carboxylic acids is 1. The largest absolute Gasteiger partial charge is 0.481 e. The maximum atomic E-state index is 12.2. The summed E-state index contributed by atoms with van der Waals surface area (Å²) in [5, 5.41) is 10.6. The van der Waals surface area contributed by atoms with Crippen LogP contribution in [0.2, 0.25) is 0 Å². The first-order valence-electron chi connectivity index (χ1n) is 4.84. The Morgan fingerprint density at radius 3 is 2.44 bits per heavy atom. The number of hydrogen-bond donors (Lipinski definition) is 2. The number of nitrogens with zero attached hydrogens (tertiary/aromatic N) is 1. The van der Waals surface area contributed by atoms with Gasteiger partial charge >= 0.3 is 12.1 Å². The van der Waals surface area contributed by atoms with Crippen molar-refractivity contribution in [3.63, 3.8) is 0 Å². The fraction of sp³-hybridized carbons (Fsp3) is 0.300. The number of pyridine rings is 1. The van der Waals surface area contributed by atoms with Gasteiger partial charge in [0.15, 0.2) is 0 Å². The molecule has 0 saturated carbocycles. The summed E-state index contributed by atoms with van der Waals surface area (Å²) in [7, 11) is 0. The summed E-state index contributed by atoms with van der Waals surface area (Å²) in [6, 6.07) is 1.66. The van der Waals surface area contributed by atoms with E-state index in [4.69, 9.17) is 5.11 Å². The molecule has 1 heterocycles. The lowest BCUT2D eigenvalue weighted by atomic mass is 10.2. The Bertz CT molecular complexity index is 443. The summed E-state index contributed by atoms with van der Waals surface area (Å²) < 4.78 is 36.6. The summed E-state index contributed by atoms with van der Waals surface area (Å²) in [6.45, 7) is -0.102. The van der Waals surface area contributed by atoms with Crippen LogP contribution in [-0.4, -0.2) is 28.5 Å².